The second kappa shape index (κ2) is 6.62. The lowest BCUT2D eigenvalue weighted by Crippen LogP contribution is -2.30. The number of para-hydroxylation sites is 1. The second-order valence-electron chi connectivity index (χ2n) is 4.59. The first kappa shape index (κ1) is 12.4. The van der Waals surface area contributed by atoms with E-state index in [2.05, 4.69) is 10.2 Å². The van der Waals surface area contributed by atoms with E-state index in [0.717, 1.165) is 25.3 Å². The van der Waals surface area contributed by atoms with E-state index in [1.165, 1.54) is 19.5 Å². The third-order valence-corrected chi connectivity index (χ3v) is 3.31. The molecule has 1 atom stereocenters. The van der Waals surface area contributed by atoms with E-state index in [1.54, 1.807) is 0 Å². The molecule has 17 heavy (non-hydrogen) atoms. The van der Waals surface area contributed by atoms with Crippen LogP contribution < -0.4 is 10.1 Å². The fraction of sp³-hybridized carbons (Fsp3) is 0.571. The summed E-state index contributed by atoms with van der Waals surface area (Å²) in [7, 11) is 2.05. The molecule has 0 amide bonds. The van der Waals surface area contributed by atoms with Crippen molar-refractivity contribution in [1.29, 1.82) is 0 Å². The minimum atomic E-state index is 0.685. The fourth-order valence-corrected chi connectivity index (χ4v) is 2.27. The van der Waals surface area contributed by atoms with Crippen LogP contribution >= 0.6 is 0 Å². The Bertz CT molecular complexity index is 315. The molecule has 1 unspecified atom stereocenters. The van der Waals surface area contributed by atoms with Gasteiger partial charge in [-0.3, -0.25) is 0 Å². The van der Waals surface area contributed by atoms with Crippen molar-refractivity contribution >= 4 is 0 Å². The van der Waals surface area contributed by atoms with Gasteiger partial charge in [0.05, 0.1) is 6.61 Å². The molecular formula is C14H22N2O. The normalized spacial score (nSPS) is 20.6. The standard InChI is InChI=1S/C14H22N2O/c1-15-13-8-10-16(12-13)9-5-11-17-14-6-3-2-4-7-14/h2-4,6-7,13,15H,5,8-12H2,1H3. The highest BCUT2D eigenvalue weighted by molar-refractivity contribution is 5.20. The largest absolute Gasteiger partial charge is 0.494 e. The Balaban J connectivity index is 1.58. The highest BCUT2D eigenvalue weighted by atomic mass is 16.5. The number of nitrogens with one attached hydrogen (secondary N) is 1. The summed E-state index contributed by atoms with van der Waals surface area (Å²) in [6.45, 7) is 4.36. The van der Waals surface area contributed by atoms with Crippen LogP contribution in [0.5, 0.6) is 5.75 Å². The summed E-state index contributed by atoms with van der Waals surface area (Å²) in [5.41, 5.74) is 0. The smallest absolute Gasteiger partial charge is 0.119 e. The molecule has 3 nitrogen and oxygen atoms in total. The first-order chi connectivity index (χ1) is 8.38. The molecule has 0 bridgehead atoms. The monoisotopic (exact) mass is 234 g/mol. The molecule has 1 aromatic rings. The number of hydrogen-bond acceptors (Lipinski definition) is 3. The SMILES string of the molecule is CNC1CCN(CCCOc2ccccc2)C1. The van der Waals surface area contributed by atoms with Gasteiger partial charge in [0.25, 0.3) is 0 Å². The maximum Gasteiger partial charge on any atom is 0.119 e. The highest BCUT2D eigenvalue weighted by Gasteiger charge is 2.19. The molecule has 1 fully saturated rings. The Labute approximate surface area is 104 Å². The van der Waals surface area contributed by atoms with Crippen molar-refractivity contribution in [2.45, 2.75) is 18.9 Å². The zero-order valence-electron chi connectivity index (χ0n) is 10.6. The Morgan fingerprint density at radius 1 is 1.35 bits per heavy atom. The van der Waals surface area contributed by atoms with Crippen LogP contribution in [0.4, 0.5) is 0 Å². The first-order valence-electron chi connectivity index (χ1n) is 6.46. The van der Waals surface area contributed by atoms with Gasteiger partial charge < -0.3 is 15.0 Å². The number of rotatable bonds is 6. The zero-order valence-corrected chi connectivity index (χ0v) is 10.6. The minimum Gasteiger partial charge on any atom is -0.494 e. The van der Waals surface area contributed by atoms with Gasteiger partial charge in [0.15, 0.2) is 0 Å². The minimum absolute atomic E-state index is 0.685. The van der Waals surface area contributed by atoms with E-state index in [9.17, 15) is 0 Å². The van der Waals surface area contributed by atoms with Gasteiger partial charge in [0, 0.05) is 19.1 Å². The van der Waals surface area contributed by atoms with Gasteiger partial charge in [0.1, 0.15) is 5.75 Å². The number of hydrogen-bond donors (Lipinski definition) is 1. The molecule has 1 aliphatic heterocycles. The molecule has 3 heteroatoms. The molecule has 2 rings (SSSR count). The van der Waals surface area contributed by atoms with Crippen LogP contribution in [0.2, 0.25) is 0 Å². The maximum atomic E-state index is 5.68. The molecular weight excluding hydrogens is 212 g/mol. The molecule has 1 N–H and O–H groups in total. The van der Waals surface area contributed by atoms with E-state index in [4.69, 9.17) is 4.74 Å². The number of benzene rings is 1. The van der Waals surface area contributed by atoms with E-state index in [1.807, 2.05) is 37.4 Å². The number of ether oxygens (including phenoxy) is 1. The van der Waals surface area contributed by atoms with E-state index < -0.39 is 0 Å². The summed E-state index contributed by atoms with van der Waals surface area (Å²) in [4.78, 5) is 2.51. The van der Waals surface area contributed by atoms with Crippen molar-refractivity contribution in [2.75, 3.05) is 33.3 Å². The molecule has 0 saturated carbocycles. The van der Waals surface area contributed by atoms with Crippen LogP contribution in [-0.2, 0) is 0 Å². The van der Waals surface area contributed by atoms with Gasteiger partial charge in [-0.05, 0) is 38.6 Å². The van der Waals surface area contributed by atoms with E-state index in [0.29, 0.717) is 6.04 Å². The summed E-state index contributed by atoms with van der Waals surface area (Å²) in [5.74, 6) is 0.974. The van der Waals surface area contributed by atoms with Crippen LogP contribution in [0.25, 0.3) is 0 Å². The lowest BCUT2D eigenvalue weighted by molar-refractivity contribution is 0.260. The number of likely N-dealkylation sites (tertiary alicyclic amines) is 1. The number of nitrogens with zero attached hydrogens (tertiary/aromatic N) is 1. The molecule has 1 saturated heterocycles. The molecule has 0 aliphatic carbocycles. The van der Waals surface area contributed by atoms with Crippen molar-refractivity contribution in [3.05, 3.63) is 30.3 Å². The van der Waals surface area contributed by atoms with Crippen LogP contribution in [0.1, 0.15) is 12.8 Å². The Kier molecular flexibility index (Phi) is 4.83. The second-order valence-corrected chi connectivity index (χ2v) is 4.59. The molecule has 1 aliphatic rings. The molecule has 0 spiro atoms. The summed E-state index contributed by atoms with van der Waals surface area (Å²) < 4.78 is 5.68. The third-order valence-electron chi connectivity index (χ3n) is 3.31. The van der Waals surface area contributed by atoms with Crippen molar-refractivity contribution in [1.82, 2.24) is 10.2 Å². The molecule has 0 radical (unpaired) electrons. The van der Waals surface area contributed by atoms with Crippen LogP contribution in [0.3, 0.4) is 0 Å². The van der Waals surface area contributed by atoms with Gasteiger partial charge >= 0.3 is 0 Å². The highest BCUT2D eigenvalue weighted by Crippen LogP contribution is 2.11. The molecule has 1 heterocycles. The van der Waals surface area contributed by atoms with Gasteiger partial charge in [-0.25, -0.2) is 0 Å². The third kappa shape index (κ3) is 4.02. The van der Waals surface area contributed by atoms with Crippen molar-refractivity contribution in [3.63, 3.8) is 0 Å². The van der Waals surface area contributed by atoms with Gasteiger partial charge in [0.2, 0.25) is 0 Å². The summed E-state index contributed by atoms with van der Waals surface area (Å²) >= 11 is 0. The number of likely N-dealkylation sites (N-methyl/N-ethyl adjacent to an activating group) is 1. The van der Waals surface area contributed by atoms with Gasteiger partial charge in [-0.2, -0.15) is 0 Å². The zero-order chi connectivity index (χ0) is 11.9. The average Bonchev–Trinajstić information content (AvgIpc) is 2.84. The predicted octanol–water partition coefficient (Wildman–Crippen LogP) is 1.75. The molecule has 94 valence electrons. The Hall–Kier alpha value is -1.06. The quantitative estimate of drug-likeness (QED) is 0.759. The van der Waals surface area contributed by atoms with E-state index >= 15 is 0 Å². The average molecular weight is 234 g/mol. The Morgan fingerprint density at radius 3 is 2.88 bits per heavy atom. The van der Waals surface area contributed by atoms with Crippen LogP contribution in [0, 0.1) is 0 Å². The van der Waals surface area contributed by atoms with Crippen molar-refractivity contribution in [2.24, 2.45) is 0 Å². The molecule has 0 aromatic heterocycles. The van der Waals surface area contributed by atoms with Gasteiger partial charge in [-0.1, -0.05) is 18.2 Å². The fourth-order valence-electron chi connectivity index (χ4n) is 2.27. The lowest BCUT2D eigenvalue weighted by Gasteiger charge is -2.15. The summed E-state index contributed by atoms with van der Waals surface area (Å²) in [6, 6.07) is 10.7. The lowest BCUT2D eigenvalue weighted by atomic mass is 10.3. The van der Waals surface area contributed by atoms with Gasteiger partial charge in [-0.15, -0.1) is 0 Å². The summed E-state index contributed by atoms with van der Waals surface area (Å²) in [6.07, 6.45) is 2.38. The predicted molar refractivity (Wildman–Crippen MR) is 70.5 cm³/mol. The Morgan fingerprint density at radius 2 is 2.18 bits per heavy atom. The first-order valence-corrected chi connectivity index (χ1v) is 6.46. The van der Waals surface area contributed by atoms with Crippen molar-refractivity contribution in [3.8, 4) is 5.75 Å². The molecule has 1 aromatic carbocycles. The van der Waals surface area contributed by atoms with E-state index in [-0.39, 0.29) is 0 Å². The van der Waals surface area contributed by atoms with Crippen molar-refractivity contribution < 1.29 is 4.74 Å². The van der Waals surface area contributed by atoms with Crippen LogP contribution in [-0.4, -0.2) is 44.2 Å². The van der Waals surface area contributed by atoms with Crippen LogP contribution in [0.15, 0.2) is 30.3 Å². The maximum absolute atomic E-state index is 5.68. The topological polar surface area (TPSA) is 24.5 Å². The summed E-state index contributed by atoms with van der Waals surface area (Å²) in [5, 5.41) is 3.34.